The number of hydrogen-bond donors (Lipinski definition) is 1. The van der Waals surface area contributed by atoms with Crippen molar-refractivity contribution in [3.63, 3.8) is 0 Å². The molecule has 2 rings (SSSR count). The SMILES string of the molecule is Cc1ccc(CS(=O)(=O)c2nnc(CCCCCNC(=O)OC(C)(C)C)o2)cc1. The molecule has 1 aromatic heterocycles. The smallest absolute Gasteiger partial charge is 0.407 e. The van der Waals surface area contributed by atoms with E-state index >= 15 is 0 Å². The van der Waals surface area contributed by atoms with E-state index in [1.165, 1.54) is 0 Å². The molecule has 2 aromatic rings. The molecule has 0 aliphatic heterocycles. The fourth-order valence-corrected chi connectivity index (χ4v) is 3.66. The van der Waals surface area contributed by atoms with Gasteiger partial charge in [-0.05, 0) is 46.1 Å². The molecule has 1 amide bonds. The molecule has 0 fully saturated rings. The maximum absolute atomic E-state index is 12.4. The quantitative estimate of drug-likeness (QED) is 0.613. The summed E-state index contributed by atoms with van der Waals surface area (Å²) < 4.78 is 35.4. The van der Waals surface area contributed by atoms with Gasteiger partial charge in [0.15, 0.2) is 0 Å². The third kappa shape index (κ3) is 8.23. The summed E-state index contributed by atoms with van der Waals surface area (Å²) in [6, 6.07) is 7.27. The fraction of sp³-hybridized carbons (Fsp3) is 0.550. The molecular weight excluding hydrogens is 394 g/mol. The van der Waals surface area contributed by atoms with E-state index < -0.39 is 21.5 Å². The zero-order chi connectivity index (χ0) is 21.5. The second-order valence-corrected chi connectivity index (χ2v) is 9.81. The summed E-state index contributed by atoms with van der Waals surface area (Å²) >= 11 is 0. The van der Waals surface area contributed by atoms with E-state index in [-0.39, 0.29) is 11.0 Å². The van der Waals surface area contributed by atoms with E-state index in [1.807, 2.05) is 39.8 Å². The first-order valence-electron chi connectivity index (χ1n) is 9.63. The first-order valence-corrected chi connectivity index (χ1v) is 11.3. The third-order valence-corrected chi connectivity index (χ3v) is 5.34. The molecule has 1 N–H and O–H groups in total. The lowest BCUT2D eigenvalue weighted by molar-refractivity contribution is 0.0527. The van der Waals surface area contributed by atoms with Crippen LogP contribution in [-0.4, -0.2) is 36.9 Å². The van der Waals surface area contributed by atoms with Crippen molar-refractivity contribution in [2.24, 2.45) is 0 Å². The molecule has 0 bridgehead atoms. The van der Waals surface area contributed by atoms with Gasteiger partial charge in [-0.1, -0.05) is 41.3 Å². The van der Waals surface area contributed by atoms with Gasteiger partial charge >= 0.3 is 11.3 Å². The van der Waals surface area contributed by atoms with Crippen molar-refractivity contribution >= 4 is 15.9 Å². The third-order valence-electron chi connectivity index (χ3n) is 3.93. The molecule has 0 saturated carbocycles. The second-order valence-electron chi connectivity index (χ2n) is 7.95. The maximum atomic E-state index is 12.4. The maximum Gasteiger partial charge on any atom is 0.407 e. The van der Waals surface area contributed by atoms with Crippen LogP contribution in [0.4, 0.5) is 4.79 Å². The van der Waals surface area contributed by atoms with Gasteiger partial charge in [0.05, 0.1) is 5.75 Å². The predicted octanol–water partition coefficient (Wildman–Crippen LogP) is 3.59. The van der Waals surface area contributed by atoms with Crippen LogP contribution in [0.2, 0.25) is 0 Å². The minimum atomic E-state index is -3.67. The Hall–Kier alpha value is -2.42. The Labute approximate surface area is 172 Å². The van der Waals surface area contributed by atoms with Crippen LogP contribution in [0.5, 0.6) is 0 Å². The second kappa shape index (κ2) is 9.87. The number of unbranched alkanes of at least 4 members (excludes halogenated alkanes) is 2. The average Bonchev–Trinajstić information content (AvgIpc) is 3.08. The summed E-state index contributed by atoms with van der Waals surface area (Å²) in [5.41, 5.74) is 1.22. The monoisotopic (exact) mass is 423 g/mol. The number of aryl methyl sites for hydroxylation is 2. The molecule has 29 heavy (non-hydrogen) atoms. The van der Waals surface area contributed by atoms with E-state index in [4.69, 9.17) is 9.15 Å². The van der Waals surface area contributed by atoms with Crippen LogP contribution < -0.4 is 5.32 Å². The van der Waals surface area contributed by atoms with Gasteiger partial charge < -0.3 is 14.5 Å². The lowest BCUT2D eigenvalue weighted by Gasteiger charge is -2.19. The van der Waals surface area contributed by atoms with Crippen LogP contribution in [0, 0.1) is 6.92 Å². The zero-order valence-electron chi connectivity index (χ0n) is 17.4. The highest BCUT2D eigenvalue weighted by atomic mass is 32.2. The highest BCUT2D eigenvalue weighted by Gasteiger charge is 2.23. The summed E-state index contributed by atoms with van der Waals surface area (Å²) in [4.78, 5) is 11.5. The highest BCUT2D eigenvalue weighted by molar-refractivity contribution is 7.90. The van der Waals surface area contributed by atoms with Gasteiger partial charge in [-0.2, -0.15) is 0 Å². The fourth-order valence-electron chi connectivity index (χ4n) is 2.51. The molecule has 9 heteroatoms. The number of amides is 1. The van der Waals surface area contributed by atoms with Gasteiger partial charge in [0.25, 0.3) is 0 Å². The van der Waals surface area contributed by atoms with Crippen LogP contribution in [-0.2, 0) is 26.7 Å². The molecule has 0 radical (unpaired) electrons. The number of sulfone groups is 1. The minimum absolute atomic E-state index is 0.175. The van der Waals surface area contributed by atoms with Gasteiger partial charge in [0.1, 0.15) is 5.60 Å². The van der Waals surface area contributed by atoms with Crippen molar-refractivity contribution in [2.45, 2.75) is 70.0 Å². The molecule has 1 aromatic carbocycles. The number of nitrogens with zero attached hydrogens (tertiary/aromatic N) is 2. The van der Waals surface area contributed by atoms with Crippen molar-refractivity contribution in [1.82, 2.24) is 15.5 Å². The van der Waals surface area contributed by atoms with Gasteiger partial charge in [-0.25, -0.2) is 13.2 Å². The van der Waals surface area contributed by atoms with Crippen LogP contribution in [0.15, 0.2) is 33.9 Å². The molecule has 0 atom stereocenters. The van der Waals surface area contributed by atoms with E-state index in [2.05, 4.69) is 15.5 Å². The number of aromatic nitrogens is 2. The number of nitrogens with one attached hydrogen (secondary N) is 1. The highest BCUT2D eigenvalue weighted by Crippen LogP contribution is 2.17. The minimum Gasteiger partial charge on any atom is -0.444 e. The van der Waals surface area contributed by atoms with E-state index in [0.717, 1.165) is 24.8 Å². The lowest BCUT2D eigenvalue weighted by atomic mass is 10.2. The van der Waals surface area contributed by atoms with Crippen molar-refractivity contribution < 1.29 is 22.4 Å². The lowest BCUT2D eigenvalue weighted by Crippen LogP contribution is -2.32. The Balaban J connectivity index is 1.73. The predicted molar refractivity (Wildman–Crippen MR) is 108 cm³/mol. The van der Waals surface area contributed by atoms with Crippen LogP contribution in [0.25, 0.3) is 0 Å². The molecule has 1 heterocycles. The molecule has 8 nitrogen and oxygen atoms in total. The molecular formula is C20H29N3O5S. The molecule has 0 unspecified atom stereocenters. The van der Waals surface area contributed by atoms with Crippen molar-refractivity contribution in [1.29, 1.82) is 0 Å². The van der Waals surface area contributed by atoms with Crippen LogP contribution in [0.3, 0.4) is 0 Å². The van der Waals surface area contributed by atoms with Crippen LogP contribution >= 0.6 is 0 Å². The number of carbonyl (C=O) groups excluding carboxylic acids is 1. The van der Waals surface area contributed by atoms with Gasteiger partial charge in [0, 0.05) is 13.0 Å². The molecule has 0 spiro atoms. The molecule has 0 saturated heterocycles. The number of benzene rings is 1. The first kappa shape index (κ1) is 22.9. The number of ether oxygens (including phenoxy) is 1. The van der Waals surface area contributed by atoms with Gasteiger partial charge in [-0.15, -0.1) is 5.10 Å². The van der Waals surface area contributed by atoms with Gasteiger partial charge in [-0.3, -0.25) is 0 Å². The standard InChI is InChI=1S/C20H29N3O5S/c1-15-9-11-16(12-10-15)14-29(25,26)19-23-22-17(27-19)8-6-5-7-13-21-18(24)28-20(2,3)4/h9-12H,5-8,13-14H2,1-4H3,(H,21,24). The summed E-state index contributed by atoms with van der Waals surface area (Å²) in [5, 5.41) is 9.88. The molecule has 160 valence electrons. The normalized spacial score (nSPS) is 12.0. The average molecular weight is 424 g/mol. The van der Waals surface area contributed by atoms with E-state index in [0.29, 0.717) is 24.4 Å². The summed E-state index contributed by atoms with van der Waals surface area (Å²) in [5.74, 6) is 0.123. The molecule has 0 aliphatic rings. The molecule has 0 aliphatic carbocycles. The van der Waals surface area contributed by atoms with E-state index in [9.17, 15) is 13.2 Å². The van der Waals surface area contributed by atoms with Gasteiger partial charge in [0.2, 0.25) is 15.7 Å². The Bertz CT molecular complexity index is 899. The van der Waals surface area contributed by atoms with Crippen molar-refractivity contribution in [3.05, 3.63) is 41.3 Å². The number of rotatable bonds is 9. The largest absolute Gasteiger partial charge is 0.444 e. The number of alkyl carbamates (subject to hydrolysis) is 1. The Kier molecular flexibility index (Phi) is 7.78. The topological polar surface area (TPSA) is 111 Å². The Morgan fingerprint density at radius 2 is 1.79 bits per heavy atom. The summed E-state index contributed by atoms with van der Waals surface area (Å²) in [6.45, 7) is 7.88. The number of hydrogen-bond acceptors (Lipinski definition) is 7. The first-order chi connectivity index (χ1) is 13.5. The summed E-state index contributed by atoms with van der Waals surface area (Å²) in [7, 11) is -3.67. The van der Waals surface area contributed by atoms with Crippen molar-refractivity contribution in [3.8, 4) is 0 Å². The van der Waals surface area contributed by atoms with E-state index in [1.54, 1.807) is 12.1 Å². The Morgan fingerprint density at radius 1 is 1.10 bits per heavy atom. The Morgan fingerprint density at radius 3 is 2.45 bits per heavy atom. The summed E-state index contributed by atoms with van der Waals surface area (Å²) in [6.07, 6.45) is 2.39. The van der Waals surface area contributed by atoms with Crippen LogP contribution in [0.1, 0.15) is 57.1 Å². The van der Waals surface area contributed by atoms with Crippen molar-refractivity contribution in [2.75, 3.05) is 6.54 Å². The zero-order valence-corrected chi connectivity index (χ0v) is 18.2. The number of carbonyl (C=O) groups is 1.